The van der Waals surface area contributed by atoms with Gasteiger partial charge in [0.25, 0.3) is 0 Å². The molecule has 0 fully saturated rings. The van der Waals surface area contributed by atoms with Crippen molar-refractivity contribution in [3.05, 3.63) is 65.2 Å². The summed E-state index contributed by atoms with van der Waals surface area (Å²) in [5.74, 6) is 0. The molecule has 0 radical (unpaired) electrons. The van der Waals surface area contributed by atoms with Gasteiger partial charge in [-0.1, -0.05) is 42.5 Å². The zero-order valence-electron chi connectivity index (χ0n) is 10.7. The highest BCUT2D eigenvalue weighted by atomic mass is 32.1. The van der Waals surface area contributed by atoms with Crippen molar-refractivity contribution in [3.8, 4) is 0 Å². The number of thiazole rings is 1. The Hall–Kier alpha value is -1.71. The standard InChI is InChI=1S/C16H15NOS/c1-2-18-15(12-8-4-3-5-9-12)16-17-13-10-6-7-11-14(13)19-16/h3-11,15H,2H2,1H3. The molecule has 2 nitrogen and oxygen atoms in total. The minimum atomic E-state index is -0.0661. The number of hydrogen-bond acceptors (Lipinski definition) is 3. The van der Waals surface area contributed by atoms with Crippen molar-refractivity contribution in [2.75, 3.05) is 6.61 Å². The largest absolute Gasteiger partial charge is 0.367 e. The third-order valence-corrected chi connectivity index (χ3v) is 4.05. The summed E-state index contributed by atoms with van der Waals surface area (Å²) < 4.78 is 7.10. The van der Waals surface area contributed by atoms with Gasteiger partial charge in [-0.05, 0) is 24.6 Å². The molecular formula is C16H15NOS. The SMILES string of the molecule is CCOC(c1ccccc1)c1nc2ccccc2s1. The molecule has 3 heteroatoms. The van der Waals surface area contributed by atoms with E-state index in [1.54, 1.807) is 11.3 Å². The zero-order valence-corrected chi connectivity index (χ0v) is 11.6. The molecule has 1 heterocycles. The average molecular weight is 269 g/mol. The summed E-state index contributed by atoms with van der Waals surface area (Å²) in [5, 5.41) is 1.02. The van der Waals surface area contributed by atoms with Gasteiger partial charge in [0, 0.05) is 6.61 Å². The Balaban J connectivity index is 2.04. The summed E-state index contributed by atoms with van der Waals surface area (Å²) in [6.07, 6.45) is -0.0661. The van der Waals surface area contributed by atoms with E-state index in [1.165, 1.54) is 4.70 Å². The van der Waals surface area contributed by atoms with Crippen LogP contribution in [0.15, 0.2) is 54.6 Å². The van der Waals surface area contributed by atoms with E-state index in [4.69, 9.17) is 9.72 Å². The second-order valence-electron chi connectivity index (χ2n) is 4.27. The highest BCUT2D eigenvalue weighted by molar-refractivity contribution is 7.18. The lowest BCUT2D eigenvalue weighted by molar-refractivity contribution is 0.0913. The maximum Gasteiger partial charge on any atom is 0.134 e. The van der Waals surface area contributed by atoms with E-state index in [2.05, 4.69) is 18.2 Å². The van der Waals surface area contributed by atoms with Crippen molar-refractivity contribution in [3.63, 3.8) is 0 Å². The number of nitrogens with zero attached hydrogens (tertiary/aromatic N) is 1. The Morgan fingerprint density at radius 2 is 1.79 bits per heavy atom. The Bertz CT molecular complexity index is 630. The molecule has 0 aliphatic rings. The molecule has 19 heavy (non-hydrogen) atoms. The van der Waals surface area contributed by atoms with Gasteiger partial charge in [0.1, 0.15) is 11.1 Å². The number of rotatable bonds is 4. The second kappa shape index (κ2) is 5.51. The molecule has 0 saturated carbocycles. The Morgan fingerprint density at radius 3 is 2.53 bits per heavy atom. The van der Waals surface area contributed by atoms with Crippen molar-refractivity contribution in [1.82, 2.24) is 4.98 Å². The molecule has 0 amide bonds. The smallest absolute Gasteiger partial charge is 0.134 e. The molecule has 0 bridgehead atoms. The first-order valence-electron chi connectivity index (χ1n) is 6.40. The first-order valence-corrected chi connectivity index (χ1v) is 7.22. The number of aromatic nitrogens is 1. The van der Waals surface area contributed by atoms with E-state index in [9.17, 15) is 0 Å². The third-order valence-electron chi connectivity index (χ3n) is 2.97. The van der Waals surface area contributed by atoms with Gasteiger partial charge in [0.2, 0.25) is 0 Å². The maximum absolute atomic E-state index is 5.89. The van der Waals surface area contributed by atoms with Crippen LogP contribution in [0.25, 0.3) is 10.2 Å². The molecule has 0 spiro atoms. The van der Waals surface area contributed by atoms with Crippen LogP contribution in [-0.4, -0.2) is 11.6 Å². The van der Waals surface area contributed by atoms with Crippen LogP contribution in [0.4, 0.5) is 0 Å². The molecule has 1 aromatic heterocycles. The fraction of sp³-hybridized carbons (Fsp3) is 0.188. The van der Waals surface area contributed by atoms with Crippen molar-refractivity contribution in [2.24, 2.45) is 0 Å². The molecule has 3 aromatic rings. The van der Waals surface area contributed by atoms with Crippen molar-refractivity contribution >= 4 is 21.6 Å². The van der Waals surface area contributed by atoms with E-state index < -0.39 is 0 Å². The molecule has 0 aliphatic heterocycles. The topological polar surface area (TPSA) is 22.1 Å². The summed E-state index contributed by atoms with van der Waals surface area (Å²) in [5.41, 5.74) is 2.20. The normalized spacial score (nSPS) is 12.7. The summed E-state index contributed by atoms with van der Waals surface area (Å²) in [6, 6.07) is 18.5. The van der Waals surface area contributed by atoms with Gasteiger partial charge >= 0.3 is 0 Å². The van der Waals surface area contributed by atoms with Gasteiger partial charge in [-0.25, -0.2) is 4.98 Å². The molecule has 2 aromatic carbocycles. The van der Waals surface area contributed by atoms with E-state index in [0.717, 1.165) is 16.1 Å². The van der Waals surface area contributed by atoms with Crippen LogP contribution in [0.2, 0.25) is 0 Å². The molecular weight excluding hydrogens is 254 g/mol. The van der Waals surface area contributed by atoms with Crippen LogP contribution >= 0.6 is 11.3 Å². The van der Waals surface area contributed by atoms with Crippen LogP contribution in [-0.2, 0) is 4.74 Å². The monoisotopic (exact) mass is 269 g/mol. The van der Waals surface area contributed by atoms with Crippen LogP contribution in [0.3, 0.4) is 0 Å². The maximum atomic E-state index is 5.89. The third kappa shape index (κ3) is 2.53. The number of hydrogen-bond donors (Lipinski definition) is 0. The summed E-state index contributed by atoms with van der Waals surface area (Å²) >= 11 is 1.70. The highest BCUT2D eigenvalue weighted by Crippen LogP contribution is 2.32. The van der Waals surface area contributed by atoms with Gasteiger partial charge < -0.3 is 4.74 Å². The van der Waals surface area contributed by atoms with Gasteiger partial charge in [-0.15, -0.1) is 11.3 Å². The molecule has 1 atom stereocenters. The fourth-order valence-electron chi connectivity index (χ4n) is 2.11. The van der Waals surface area contributed by atoms with E-state index in [1.807, 2.05) is 43.3 Å². The Kier molecular flexibility index (Phi) is 3.58. The molecule has 0 aliphatic carbocycles. The minimum Gasteiger partial charge on any atom is -0.367 e. The van der Waals surface area contributed by atoms with Crippen LogP contribution in [0.1, 0.15) is 23.6 Å². The molecule has 96 valence electrons. The minimum absolute atomic E-state index is 0.0661. The zero-order chi connectivity index (χ0) is 13.1. The van der Waals surface area contributed by atoms with Gasteiger partial charge in [-0.2, -0.15) is 0 Å². The predicted octanol–water partition coefficient (Wildman–Crippen LogP) is 4.42. The molecule has 1 unspecified atom stereocenters. The van der Waals surface area contributed by atoms with Crippen LogP contribution in [0, 0.1) is 0 Å². The molecule has 3 rings (SSSR count). The lowest BCUT2D eigenvalue weighted by Crippen LogP contribution is -2.05. The summed E-state index contributed by atoms with van der Waals surface area (Å²) in [6.45, 7) is 2.69. The van der Waals surface area contributed by atoms with Crippen LogP contribution in [0.5, 0.6) is 0 Å². The highest BCUT2D eigenvalue weighted by Gasteiger charge is 2.18. The summed E-state index contributed by atoms with van der Waals surface area (Å²) in [7, 11) is 0. The van der Waals surface area contributed by atoms with Crippen molar-refractivity contribution in [1.29, 1.82) is 0 Å². The number of benzene rings is 2. The first-order chi connectivity index (χ1) is 9.38. The average Bonchev–Trinajstić information content (AvgIpc) is 2.89. The van der Waals surface area contributed by atoms with Gasteiger partial charge in [-0.3, -0.25) is 0 Å². The number of fused-ring (bicyclic) bond motifs is 1. The number of ether oxygens (including phenoxy) is 1. The predicted molar refractivity (Wildman–Crippen MR) is 79.5 cm³/mol. The first kappa shape index (κ1) is 12.3. The van der Waals surface area contributed by atoms with E-state index >= 15 is 0 Å². The van der Waals surface area contributed by atoms with Gasteiger partial charge in [0.15, 0.2) is 0 Å². The van der Waals surface area contributed by atoms with Crippen molar-refractivity contribution < 1.29 is 4.74 Å². The van der Waals surface area contributed by atoms with Gasteiger partial charge in [0.05, 0.1) is 10.2 Å². The summed E-state index contributed by atoms with van der Waals surface area (Å²) in [4.78, 5) is 4.70. The lowest BCUT2D eigenvalue weighted by atomic mass is 10.1. The quantitative estimate of drug-likeness (QED) is 0.699. The second-order valence-corrected chi connectivity index (χ2v) is 5.33. The fourth-order valence-corrected chi connectivity index (χ4v) is 3.15. The van der Waals surface area contributed by atoms with Crippen molar-refractivity contribution in [2.45, 2.75) is 13.0 Å². The molecule has 0 saturated heterocycles. The Labute approximate surface area is 116 Å². The lowest BCUT2D eigenvalue weighted by Gasteiger charge is -2.14. The number of para-hydroxylation sites is 1. The molecule has 0 N–H and O–H groups in total. The van der Waals surface area contributed by atoms with E-state index in [0.29, 0.717) is 6.61 Å². The Morgan fingerprint density at radius 1 is 1.05 bits per heavy atom. The van der Waals surface area contributed by atoms with Crippen LogP contribution < -0.4 is 0 Å². The van der Waals surface area contributed by atoms with E-state index in [-0.39, 0.29) is 6.10 Å².